The van der Waals surface area contributed by atoms with E-state index >= 15 is 0 Å². The van der Waals surface area contributed by atoms with Crippen molar-refractivity contribution in [3.63, 3.8) is 0 Å². The number of phenols is 1. The summed E-state index contributed by atoms with van der Waals surface area (Å²) in [4.78, 5) is 11.2. The van der Waals surface area contributed by atoms with Crippen molar-refractivity contribution in [1.29, 1.82) is 0 Å². The van der Waals surface area contributed by atoms with Crippen LogP contribution in [0.3, 0.4) is 0 Å². The maximum absolute atomic E-state index is 12.1. The van der Waals surface area contributed by atoms with Crippen molar-refractivity contribution >= 4 is 26.8 Å². The summed E-state index contributed by atoms with van der Waals surface area (Å²) in [7, 11) is -3.91. The maximum atomic E-state index is 12.1. The number of phenolic OH excluding ortho intramolecular Hbond substituents is 1. The quantitative estimate of drug-likeness (QED) is 0.720. The van der Waals surface area contributed by atoms with E-state index in [1.165, 1.54) is 6.26 Å². The molecule has 0 saturated carbocycles. The van der Waals surface area contributed by atoms with Crippen molar-refractivity contribution in [3.05, 3.63) is 23.8 Å². The van der Waals surface area contributed by atoms with Gasteiger partial charge in [-0.3, -0.25) is 4.21 Å². The van der Waals surface area contributed by atoms with Crippen LogP contribution in [0.15, 0.2) is 23.1 Å². The zero-order valence-corrected chi connectivity index (χ0v) is 13.5. The fraction of sp³-hybridized carbons (Fsp3) is 0.417. The van der Waals surface area contributed by atoms with E-state index in [0.717, 1.165) is 25.3 Å². The third-order valence-electron chi connectivity index (χ3n) is 2.81. The Morgan fingerprint density at radius 3 is 2.62 bits per heavy atom. The summed E-state index contributed by atoms with van der Waals surface area (Å²) in [5.74, 6) is -1.21. The van der Waals surface area contributed by atoms with E-state index in [2.05, 4.69) is 9.46 Å². The Kier molecular flexibility index (Phi) is 5.87. The van der Waals surface area contributed by atoms with Gasteiger partial charge in [-0.25, -0.2) is 17.9 Å². The van der Waals surface area contributed by atoms with E-state index in [-0.39, 0.29) is 28.0 Å². The van der Waals surface area contributed by atoms with Gasteiger partial charge in [0.15, 0.2) is 0 Å². The number of ether oxygens (including phenoxy) is 1. The third kappa shape index (κ3) is 4.51. The second-order valence-electron chi connectivity index (χ2n) is 4.33. The zero-order valence-electron chi connectivity index (χ0n) is 11.8. The van der Waals surface area contributed by atoms with Crippen LogP contribution in [0.1, 0.15) is 17.3 Å². The van der Waals surface area contributed by atoms with Crippen LogP contribution in [0.25, 0.3) is 0 Å². The Hall–Kier alpha value is -1.45. The number of sulfonamides is 1. The summed E-state index contributed by atoms with van der Waals surface area (Å²) in [6.07, 6.45) is 1.48. The number of aromatic hydroxyl groups is 1. The minimum absolute atomic E-state index is 0.000121. The minimum atomic E-state index is -3.87. The predicted molar refractivity (Wildman–Crippen MR) is 78.2 cm³/mol. The lowest BCUT2D eigenvalue weighted by molar-refractivity contribution is 0.0597. The smallest absolute Gasteiger partial charge is 0.341 e. The molecule has 0 aromatic heterocycles. The molecule has 0 radical (unpaired) electrons. The first-order chi connectivity index (χ1) is 9.69. The van der Waals surface area contributed by atoms with Gasteiger partial charge in [-0.15, -0.1) is 0 Å². The van der Waals surface area contributed by atoms with Crippen LogP contribution in [0.5, 0.6) is 5.75 Å². The molecule has 0 amide bonds. The predicted octanol–water partition coefficient (Wildman–Crippen LogP) is 0.224. The Morgan fingerprint density at radius 2 is 2.10 bits per heavy atom. The van der Waals surface area contributed by atoms with Gasteiger partial charge in [-0.1, -0.05) is 0 Å². The number of esters is 1. The molecule has 2 atom stereocenters. The number of nitrogens with one attached hydrogen (secondary N) is 1. The van der Waals surface area contributed by atoms with Gasteiger partial charge >= 0.3 is 5.97 Å². The number of rotatable bonds is 6. The van der Waals surface area contributed by atoms with Crippen LogP contribution in [0.4, 0.5) is 0 Å². The minimum Gasteiger partial charge on any atom is -0.507 e. The molecule has 0 aliphatic rings. The highest BCUT2D eigenvalue weighted by Gasteiger charge is 2.20. The number of benzene rings is 1. The lowest BCUT2D eigenvalue weighted by Gasteiger charge is -2.11. The summed E-state index contributed by atoms with van der Waals surface area (Å²) in [6, 6.07) is 3.29. The third-order valence-corrected chi connectivity index (χ3v) is 5.53. The first kappa shape index (κ1) is 17.6. The highest BCUT2D eigenvalue weighted by atomic mass is 32.2. The number of hydrogen-bond acceptors (Lipinski definition) is 6. The van der Waals surface area contributed by atoms with Crippen molar-refractivity contribution < 1.29 is 27.3 Å². The van der Waals surface area contributed by atoms with Gasteiger partial charge in [-0.2, -0.15) is 0 Å². The Balaban J connectivity index is 3.04. The molecular weight excluding hydrogens is 318 g/mol. The van der Waals surface area contributed by atoms with Crippen LogP contribution in [0.2, 0.25) is 0 Å². The van der Waals surface area contributed by atoms with Gasteiger partial charge in [0.1, 0.15) is 11.3 Å². The summed E-state index contributed by atoms with van der Waals surface area (Å²) in [5, 5.41) is 9.19. The fourth-order valence-electron chi connectivity index (χ4n) is 1.38. The van der Waals surface area contributed by atoms with Gasteiger partial charge in [0.05, 0.1) is 12.0 Å². The topological polar surface area (TPSA) is 110 Å². The second-order valence-corrected chi connectivity index (χ2v) is 7.90. The van der Waals surface area contributed by atoms with Gasteiger partial charge in [0, 0.05) is 28.9 Å². The largest absolute Gasteiger partial charge is 0.507 e. The van der Waals surface area contributed by atoms with E-state index in [4.69, 9.17) is 0 Å². The highest BCUT2D eigenvalue weighted by Crippen LogP contribution is 2.22. The first-order valence-corrected chi connectivity index (χ1v) is 9.02. The SMILES string of the molecule is COC(=O)c1cc(S(=O)(=O)NCC(C)S(C)=O)ccc1O. The molecule has 2 unspecified atom stereocenters. The van der Waals surface area contributed by atoms with Crippen LogP contribution in [-0.4, -0.2) is 48.9 Å². The molecule has 7 nitrogen and oxygen atoms in total. The molecule has 0 aliphatic carbocycles. The van der Waals surface area contributed by atoms with Crippen molar-refractivity contribution in [2.75, 3.05) is 19.9 Å². The molecular formula is C12H17NO6S2. The monoisotopic (exact) mass is 335 g/mol. The van der Waals surface area contributed by atoms with E-state index in [1.54, 1.807) is 6.92 Å². The molecule has 0 spiro atoms. The summed E-state index contributed by atoms with van der Waals surface area (Å²) in [6.45, 7) is 1.65. The van der Waals surface area contributed by atoms with Crippen molar-refractivity contribution in [2.45, 2.75) is 17.1 Å². The molecule has 0 heterocycles. The highest BCUT2D eigenvalue weighted by molar-refractivity contribution is 7.89. The number of carbonyl (C=O) groups is 1. The molecule has 9 heteroatoms. The molecule has 21 heavy (non-hydrogen) atoms. The molecule has 1 aromatic carbocycles. The van der Waals surface area contributed by atoms with Gasteiger partial charge in [-0.05, 0) is 25.1 Å². The van der Waals surface area contributed by atoms with Crippen LogP contribution < -0.4 is 4.72 Å². The summed E-state index contributed by atoms with van der Waals surface area (Å²) >= 11 is 0. The van der Waals surface area contributed by atoms with Crippen molar-refractivity contribution in [3.8, 4) is 5.75 Å². The molecule has 1 aromatic rings. The molecule has 118 valence electrons. The normalized spacial score (nSPS) is 14.4. The number of hydrogen-bond donors (Lipinski definition) is 2. The van der Waals surface area contributed by atoms with Crippen molar-refractivity contribution in [1.82, 2.24) is 4.72 Å². The van der Waals surface area contributed by atoms with Gasteiger partial charge in [0.2, 0.25) is 10.0 Å². The first-order valence-electron chi connectivity index (χ1n) is 5.92. The average Bonchev–Trinajstić information content (AvgIpc) is 2.44. The molecule has 0 saturated heterocycles. The number of carbonyl (C=O) groups excluding carboxylic acids is 1. The van der Waals surface area contributed by atoms with E-state index in [9.17, 15) is 22.5 Å². The van der Waals surface area contributed by atoms with Gasteiger partial charge in [0.25, 0.3) is 0 Å². The Morgan fingerprint density at radius 1 is 1.48 bits per heavy atom. The molecule has 0 bridgehead atoms. The zero-order chi connectivity index (χ0) is 16.2. The van der Waals surface area contributed by atoms with Crippen LogP contribution in [0, 0.1) is 0 Å². The second kappa shape index (κ2) is 7.01. The average molecular weight is 335 g/mol. The Bertz CT molecular complexity index is 656. The fourth-order valence-corrected chi connectivity index (χ4v) is 2.96. The standard InChI is InChI=1S/C12H17NO6S2/c1-8(20(3)16)7-13-21(17,18)9-4-5-11(14)10(6-9)12(15)19-2/h4-6,8,13-14H,7H2,1-3H3. The molecule has 2 N–H and O–H groups in total. The number of methoxy groups -OCH3 is 1. The lowest BCUT2D eigenvalue weighted by Crippen LogP contribution is -2.32. The lowest BCUT2D eigenvalue weighted by atomic mass is 10.2. The van der Waals surface area contributed by atoms with E-state index < -0.39 is 26.8 Å². The van der Waals surface area contributed by atoms with Crippen LogP contribution in [-0.2, 0) is 25.6 Å². The summed E-state index contributed by atoms with van der Waals surface area (Å²) < 4.78 is 42.2. The van der Waals surface area contributed by atoms with E-state index in [0.29, 0.717) is 0 Å². The summed E-state index contributed by atoms with van der Waals surface area (Å²) in [5.41, 5.74) is -0.243. The molecule has 0 fully saturated rings. The molecule has 1 rings (SSSR count). The van der Waals surface area contributed by atoms with Crippen LogP contribution >= 0.6 is 0 Å². The van der Waals surface area contributed by atoms with E-state index in [1.807, 2.05) is 0 Å². The maximum Gasteiger partial charge on any atom is 0.341 e. The Labute approximate surface area is 125 Å². The van der Waals surface area contributed by atoms with Crippen molar-refractivity contribution in [2.24, 2.45) is 0 Å². The molecule has 0 aliphatic heterocycles. The van der Waals surface area contributed by atoms with Gasteiger partial charge < -0.3 is 9.84 Å².